The highest BCUT2D eigenvalue weighted by atomic mass is 16.5. The average molecular weight is 173 g/mol. The van der Waals surface area contributed by atoms with Crippen molar-refractivity contribution in [3.05, 3.63) is 0 Å². The molecule has 72 valence electrons. The summed E-state index contributed by atoms with van der Waals surface area (Å²) in [5.74, 6) is 0. The van der Waals surface area contributed by atoms with Crippen LogP contribution in [0.3, 0.4) is 0 Å². The lowest BCUT2D eigenvalue weighted by Gasteiger charge is -2.31. The molecule has 0 aromatic carbocycles. The molecule has 1 saturated heterocycles. The molecular weight excluding hydrogens is 154 g/mol. The summed E-state index contributed by atoms with van der Waals surface area (Å²) in [6.07, 6.45) is 2.46. The van der Waals surface area contributed by atoms with Crippen LogP contribution in [0.1, 0.15) is 26.2 Å². The summed E-state index contributed by atoms with van der Waals surface area (Å²) in [5.41, 5.74) is 5.52. The highest BCUT2D eigenvalue weighted by Gasteiger charge is 2.39. The average Bonchev–Trinajstić information content (AvgIpc) is 2.54. The van der Waals surface area contributed by atoms with E-state index in [2.05, 4.69) is 6.92 Å². The van der Waals surface area contributed by atoms with Gasteiger partial charge >= 0.3 is 0 Å². The molecule has 0 radical (unpaired) electrons. The van der Waals surface area contributed by atoms with Crippen molar-refractivity contribution >= 4 is 0 Å². The van der Waals surface area contributed by atoms with E-state index in [4.69, 9.17) is 10.5 Å². The number of aliphatic hydroxyl groups excluding tert-OH is 1. The number of ether oxygens (including phenoxy) is 1. The van der Waals surface area contributed by atoms with Gasteiger partial charge in [-0.25, -0.2) is 0 Å². The van der Waals surface area contributed by atoms with Gasteiger partial charge in [-0.15, -0.1) is 0 Å². The Balaban J connectivity index is 2.52. The van der Waals surface area contributed by atoms with Gasteiger partial charge in [0.1, 0.15) is 0 Å². The van der Waals surface area contributed by atoms with Gasteiger partial charge in [0.25, 0.3) is 0 Å². The lowest BCUT2D eigenvalue weighted by Crippen LogP contribution is -2.42. The van der Waals surface area contributed by atoms with Gasteiger partial charge in [-0.05, 0) is 12.8 Å². The summed E-state index contributed by atoms with van der Waals surface area (Å²) in [6, 6.07) is 0. The summed E-state index contributed by atoms with van der Waals surface area (Å²) in [5, 5.41) is 9.84. The Morgan fingerprint density at radius 2 is 2.42 bits per heavy atom. The lowest BCUT2D eigenvalue weighted by molar-refractivity contribution is 0.0146. The molecule has 12 heavy (non-hydrogen) atoms. The summed E-state index contributed by atoms with van der Waals surface area (Å²) < 4.78 is 5.28. The quantitative estimate of drug-likeness (QED) is 0.651. The van der Waals surface area contributed by atoms with Gasteiger partial charge in [0, 0.05) is 18.6 Å². The highest BCUT2D eigenvalue weighted by molar-refractivity contribution is 4.90. The van der Waals surface area contributed by atoms with E-state index in [1.165, 1.54) is 0 Å². The number of aliphatic hydroxyl groups is 1. The van der Waals surface area contributed by atoms with Gasteiger partial charge in [0.05, 0.1) is 12.7 Å². The Labute approximate surface area is 73.9 Å². The monoisotopic (exact) mass is 173 g/mol. The van der Waals surface area contributed by atoms with Crippen LogP contribution >= 0.6 is 0 Å². The molecule has 0 aliphatic carbocycles. The zero-order valence-corrected chi connectivity index (χ0v) is 7.75. The second-order valence-electron chi connectivity index (χ2n) is 3.67. The Hall–Kier alpha value is -0.120. The van der Waals surface area contributed by atoms with Crippen molar-refractivity contribution in [2.75, 3.05) is 19.8 Å². The maximum Gasteiger partial charge on any atom is 0.0631 e. The van der Waals surface area contributed by atoms with Crippen LogP contribution in [-0.2, 0) is 4.74 Å². The Morgan fingerprint density at radius 1 is 1.67 bits per heavy atom. The lowest BCUT2D eigenvalue weighted by atomic mass is 9.79. The first-order valence-electron chi connectivity index (χ1n) is 4.71. The van der Waals surface area contributed by atoms with Crippen molar-refractivity contribution in [3.8, 4) is 0 Å². The van der Waals surface area contributed by atoms with Crippen molar-refractivity contribution in [3.63, 3.8) is 0 Å². The first-order valence-corrected chi connectivity index (χ1v) is 4.71. The molecule has 0 spiro atoms. The predicted molar refractivity (Wildman–Crippen MR) is 47.8 cm³/mol. The van der Waals surface area contributed by atoms with Crippen LogP contribution in [0, 0.1) is 5.41 Å². The molecule has 1 rings (SSSR count). The van der Waals surface area contributed by atoms with Gasteiger partial charge in [-0.3, -0.25) is 0 Å². The molecule has 1 aliphatic rings. The third-order valence-corrected chi connectivity index (χ3v) is 2.81. The maximum atomic E-state index is 9.84. The Bertz CT molecular complexity index is 132. The SMILES string of the molecule is CCCC(O)C1(CN)CCOC1. The molecule has 2 unspecified atom stereocenters. The van der Waals surface area contributed by atoms with E-state index in [-0.39, 0.29) is 11.5 Å². The normalized spacial score (nSPS) is 32.2. The van der Waals surface area contributed by atoms with Gasteiger partial charge in [-0.2, -0.15) is 0 Å². The molecule has 0 amide bonds. The number of hydrogen-bond donors (Lipinski definition) is 2. The molecule has 1 fully saturated rings. The van der Waals surface area contributed by atoms with E-state index in [0.29, 0.717) is 13.2 Å². The van der Waals surface area contributed by atoms with Crippen LogP contribution in [0.5, 0.6) is 0 Å². The molecule has 3 heteroatoms. The largest absolute Gasteiger partial charge is 0.392 e. The fraction of sp³-hybridized carbons (Fsp3) is 1.00. The third kappa shape index (κ3) is 1.79. The van der Waals surface area contributed by atoms with Crippen molar-refractivity contribution < 1.29 is 9.84 Å². The van der Waals surface area contributed by atoms with Crippen molar-refractivity contribution in [1.82, 2.24) is 0 Å². The van der Waals surface area contributed by atoms with E-state index >= 15 is 0 Å². The zero-order chi connectivity index (χ0) is 9.03. The second-order valence-corrected chi connectivity index (χ2v) is 3.67. The zero-order valence-electron chi connectivity index (χ0n) is 7.75. The fourth-order valence-corrected chi connectivity index (χ4v) is 1.76. The van der Waals surface area contributed by atoms with Gasteiger partial charge in [0.15, 0.2) is 0 Å². The van der Waals surface area contributed by atoms with Crippen LogP contribution in [0.4, 0.5) is 0 Å². The molecule has 0 bridgehead atoms. The number of hydrogen-bond acceptors (Lipinski definition) is 3. The van der Waals surface area contributed by atoms with Crippen LogP contribution in [0.15, 0.2) is 0 Å². The summed E-state index contributed by atoms with van der Waals surface area (Å²) >= 11 is 0. The Kier molecular flexibility index (Phi) is 3.50. The van der Waals surface area contributed by atoms with Crippen molar-refractivity contribution in [2.45, 2.75) is 32.3 Å². The molecule has 3 nitrogen and oxygen atoms in total. The fourth-order valence-electron chi connectivity index (χ4n) is 1.76. The van der Waals surface area contributed by atoms with E-state index in [1.807, 2.05) is 0 Å². The minimum Gasteiger partial charge on any atom is -0.392 e. The van der Waals surface area contributed by atoms with Crippen molar-refractivity contribution in [1.29, 1.82) is 0 Å². The van der Waals surface area contributed by atoms with Gasteiger partial charge < -0.3 is 15.6 Å². The van der Waals surface area contributed by atoms with E-state index in [1.54, 1.807) is 0 Å². The third-order valence-electron chi connectivity index (χ3n) is 2.81. The summed E-state index contributed by atoms with van der Waals surface area (Å²) in [6.45, 7) is 3.99. The standard InChI is InChI=1S/C9H19NO2/c1-2-3-8(11)9(6-10)4-5-12-7-9/h8,11H,2-7,10H2,1H3. The van der Waals surface area contributed by atoms with Crippen LogP contribution < -0.4 is 5.73 Å². The minimum atomic E-state index is -0.282. The maximum absolute atomic E-state index is 9.84. The summed E-state index contributed by atoms with van der Waals surface area (Å²) in [4.78, 5) is 0. The van der Waals surface area contributed by atoms with Gasteiger partial charge in [-0.1, -0.05) is 13.3 Å². The number of rotatable bonds is 4. The van der Waals surface area contributed by atoms with Crippen LogP contribution in [0.25, 0.3) is 0 Å². The smallest absolute Gasteiger partial charge is 0.0631 e. The molecule has 0 aromatic rings. The molecule has 3 N–H and O–H groups in total. The topological polar surface area (TPSA) is 55.5 Å². The predicted octanol–water partition coefficient (Wildman–Crippen LogP) is 0.513. The molecule has 1 aliphatic heterocycles. The molecule has 0 saturated carbocycles. The second kappa shape index (κ2) is 4.21. The first-order chi connectivity index (χ1) is 5.75. The van der Waals surface area contributed by atoms with Crippen LogP contribution in [0.2, 0.25) is 0 Å². The molecule has 0 aromatic heterocycles. The molecule has 1 heterocycles. The van der Waals surface area contributed by atoms with Crippen LogP contribution in [-0.4, -0.2) is 31.0 Å². The highest BCUT2D eigenvalue weighted by Crippen LogP contribution is 2.33. The van der Waals surface area contributed by atoms with E-state index in [0.717, 1.165) is 25.9 Å². The van der Waals surface area contributed by atoms with Gasteiger partial charge in [0.2, 0.25) is 0 Å². The van der Waals surface area contributed by atoms with E-state index < -0.39 is 0 Å². The summed E-state index contributed by atoms with van der Waals surface area (Å²) in [7, 11) is 0. The molecular formula is C9H19NO2. The minimum absolute atomic E-state index is 0.143. The Morgan fingerprint density at radius 3 is 2.83 bits per heavy atom. The first kappa shape index (κ1) is 9.96. The van der Waals surface area contributed by atoms with Crippen molar-refractivity contribution in [2.24, 2.45) is 11.1 Å². The molecule has 2 atom stereocenters. The number of nitrogens with two attached hydrogens (primary N) is 1. The van der Waals surface area contributed by atoms with E-state index in [9.17, 15) is 5.11 Å².